The van der Waals surface area contributed by atoms with Crippen molar-refractivity contribution in [1.82, 2.24) is 9.97 Å². The number of halogens is 1. The molecule has 1 amide bonds. The summed E-state index contributed by atoms with van der Waals surface area (Å²) in [6, 6.07) is 15.4. The van der Waals surface area contributed by atoms with Gasteiger partial charge in [0.15, 0.2) is 0 Å². The predicted molar refractivity (Wildman–Crippen MR) is 126 cm³/mol. The van der Waals surface area contributed by atoms with E-state index in [1.807, 2.05) is 6.07 Å². The first-order valence-electron chi connectivity index (χ1n) is 9.83. The Morgan fingerprint density at radius 3 is 2.52 bits per heavy atom. The molecule has 0 atom stereocenters. The lowest BCUT2D eigenvalue weighted by molar-refractivity contribution is 0.102. The van der Waals surface area contributed by atoms with Crippen molar-refractivity contribution in [3.8, 4) is 10.7 Å². The van der Waals surface area contributed by atoms with Gasteiger partial charge in [0.1, 0.15) is 15.7 Å². The van der Waals surface area contributed by atoms with E-state index in [1.54, 1.807) is 44.3 Å². The lowest BCUT2D eigenvalue weighted by Crippen LogP contribution is -2.16. The molecule has 10 heteroatoms. The maximum Gasteiger partial charge on any atom is 0.267 e. The highest BCUT2D eigenvalue weighted by molar-refractivity contribution is 7.92. The number of para-hydroxylation sites is 1. The summed E-state index contributed by atoms with van der Waals surface area (Å²) in [7, 11) is -4.09. The van der Waals surface area contributed by atoms with Gasteiger partial charge in [-0.2, -0.15) is 0 Å². The number of pyridine rings is 1. The number of aryl methyl sites for hydroxylation is 2. The minimum Gasteiger partial charge on any atom is -0.321 e. The Morgan fingerprint density at radius 2 is 1.79 bits per heavy atom. The molecule has 168 valence electrons. The van der Waals surface area contributed by atoms with Crippen LogP contribution in [-0.4, -0.2) is 24.3 Å². The summed E-state index contributed by atoms with van der Waals surface area (Å²) in [6.45, 7) is 3.34. The number of anilines is 2. The van der Waals surface area contributed by atoms with Gasteiger partial charge in [-0.3, -0.25) is 14.5 Å². The highest BCUT2D eigenvalue weighted by Crippen LogP contribution is 2.28. The summed E-state index contributed by atoms with van der Waals surface area (Å²) in [5, 5.41) is 3.33. The molecule has 2 N–H and O–H groups in total. The van der Waals surface area contributed by atoms with Gasteiger partial charge in [0, 0.05) is 11.9 Å². The van der Waals surface area contributed by atoms with E-state index in [2.05, 4.69) is 20.0 Å². The van der Waals surface area contributed by atoms with E-state index < -0.39 is 21.7 Å². The van der Waals surface area contributed by atoms with Crippen LogP contribution in [0.25, 0.3) is 10.7 Å². The molecule has 0 unspecified atom stereocenters. The number of carbonyl (C=O) groups is 1. The third-order valence-electron chi connectivity index (χ3n) is 4.74. The molecule has 0 fully saturated rings. The summed E-state index contributed by atoms with van der Waals surface area (Å²) in [5.41, 5.74) is 1.77. The van der Waals surface area contributed by atoms with Crippen LogP contribution in [0.1, 0.15) is 20.9 Å². The summed E-state index contributed by atoms with van der Waals surface area (Å²) in [5.74, 6) is -1.10. The minimum absolute atomic E-state index is 0.0706. The molecule has 2 aromatic carbocycles. The van der Waals surface area contributed by atoms with Gasteiger partial charge in [0.05, 0.1) is 22.0 Å². The van der Waals surface area contributed by atoms with Gasteiger partial charge in [-0.25, -0.2) is 17.8 Å². The van der Waals surface area contributed by atoms with Crippen molar-refractivity contribution < 1.29 is 17.6 Å². The van der Waals surface area contributed by atoms with Crippen LogP contribution in [-0.2, 0) is 10.0 Å². The summed E-state index contributed by atoms with van der Waals surface area (Å²) < 4.78 is 42.0. The van der Waals surface area contributed by atoms with Crippen LogP contribution in [0, 0.1) is 19.7 Å². The van der Waals surface area contributed by atoms with Gasteiger partial charge >= 0.3 is 0 Å². The number of benzene rings is 2. The van der Waals surface area contributed by atoms with Crippen LogP contribution in [0.3, 0.4) is 0 Å². The van der Waals surface area contributed by atoms with Gasteiger partial charge in [0.25, 0.3) is 15.9 Å². The molecule has 4 rings (SSSR count). The standard InChI is InChI=1S/C23H19FN4O3S2/c1-14-10-11-16(13-20(14)33(30,31)28-18-8-4-3-7-17(18)24)27-22(29)21-15(2)26-23(32-21)19-9-5-6-12-25-19/h3-13,28H,1-2H3,(H,27,29). The van der Waals surface area contributed by atoms with Crippen LogP contribution in [0.4, 0.5) is 15.8 Å². The molecular formula is C23H19FN4O3S2. The number of nitrogens with one attached hydrogen (secondary N) is 2. The molecule has 0 spiro atoms. The minimum atomic E-state index is -4.09. The first kappa shape index (κ1) is 22.6. The van der Waals surface area contributed by atoms with E-state index in [9.17, 15) is 17.6 Å². The zero-order valence-corrected chi connectivity index (χ0v) is 19.3. The van der Waals surface area contributed by atoms with Gasteiger partial charge in [-0.15, -0.1) is 11.3 Å². The lowest BCUT2D eigenvalue weighted by atomic mass is 10.2. The second-order valence-electron chi connectivity index (χ2n) is 7.17. The number of hydrogen-bond donors (Lipinski definition) is 2. The predicted octanol–water partition coefficient (Wildman–Crippen LogP) is 5.01. The zero-order valence-electron chi connectivity index (χ0n) is 17.7. The van der Waals surface area contributed by atoms with Crippen molar-refractivity contribution in [2.24, 2.45) is 0 Å². The quantitative estimate of drug-likeness (QED) is 0.402. The van der Waals surface area contributed by atoms with E-state index in [0.717, 1.165) is 6.07 Å². The largest absolute Gasteiger partial charge is 0.321 e. The van der Waals surface area contributed by atoms with Gasteiger partial charge in [-0.05, 0) is 55.8 Å². The van der Waals surface area contributed by atoms with E-state index in [4.69, 9.17) is 0 Å². The lowest BCUT2D eigenvalue weighted by Gasteiger charge is -2.13. The second kappa shape index (κ2) is 9.08. The molecule has 0 saturated carbocycles. The third kappa shape index (κ3) is 4.91. The number of rotatable bonds is 6. The fourth-order valence-electron chi connectivity index (χ4n) is 3.10. The van der Waals surface area contributed by atoms with Crippen LogP contribution >= 0.6 is 11.3 Å². The average molecular weight is 483 g/mol. The third-order valence-corrected chi connectivity index (χ3v) is 7.43. The Kier molecular flexibility index (Phi) is 6.21. The van der Waals surface area contributed by atoms with Gasteiger partial charge in [-0.1, -0.05) is 24.3 Å². The number of hydrogen-bond acceptors (Lipinski definition) is 6. The number of carbonyl (C=O) groups excluding carboxylic acids is 1. The fraction of sp³-hybridized carbons (Fsp3) is 0.0870. The Balaban J connectivity index is 1.59. The number of thiazole rings is 1. The molecule has 2 aromatic heterocycles. The van der Waals surface area contributed by atoms with Gasteiger partial charge < -0.3 is 5.32 Å². The first-order valence-corrected chi connectivity index (χ1v) is 12.1. The number of sulfonamides is 1. The zero-order chi connectivity index (χ0) is 23.6. The maximum atomic E-state index is 13.9. The molecule has 7 nitrogen and oxygen atoms in total. The van der Waals surface area contributed by atoms with Crippen molar-refractivity contribution >= 4 is 38.6 Å². The monoisotopic (exact) mass is 482 g/mol. The molecule has 0 radical (unpaired) electrons. The van der Waals surface area contributed by atoms with Crippen LogP contribution in [0.5, 0.6) is 0 Å². The molecule has 0 aliphatic rings. The SMILES string of the molecule is Cc1ccc(NC(=O)c2sc(-c3ccccn3)nc2C)cc1S(=O)(=O)Nc1ccccc1F. The Hall–Kier alpha value is -3.63. The number of nitrogens with zero attached hydrogens (tertiary/aromatic N) is 2. The number of aromatic nitrogens is 2. The smallest absolute Gasteiger partial charge is 0.267 e. The molecule has 4 aromatic rings. The van der Waals surface area contributed by atoms with E-state index in [-0.39, 0.29) is 16.3 Å². The highest BCUT2D eigenvalue weighted by Gasteiger charge is 2.21. The normalized spacial score (nSPS) is 11.2. The summed E-state index contributed by atoms with van der Waals surface area (Å²) in [6.07, 6.45) is 1.65. The summed E-state index contributed by atoms with van der Waals surface area (Å²) >= 11 is 1.20. The molecular weight excluding hydrogens is 463 g/mol. The van der Waals surface area contributed by atoms with Crippen molar-refractivity contribution in [3.05, 3.63) is 88.8 Å². The second-order valence-corrected chi connectivity index (χ2v) is 9.82. The van der Waals surface area contributed by atoms with Crippen molar-refractivity contribution in [3.63, 3.8) is 0 Å². The Morgan fingerprint density at radius 1 is 1.03 bits per heavy atom. The van der Waals surface area contributed by atoms with Crippen LogP contribution < -0.4 is 10.0 Å². The van der Waals surface area contributed by atoms with E-state index in [1.165, 1.54) is 35.6 Å². The van der Waals surface area contributed by atoms with Crippen molar-refractivity contribution in [2.45, 2.75) is 18.7 Å². The van der Waals surface area contributed by atoms with Crippen molar-refractivity contribution in [2.75, 3.05) is 10.0 Å². The molecule has 2 heterocycles. The van der Waals surface area contributed by atoms with E-state index >= 15 is 0 Å². The van der Waals surface area contributed by atoms with Crippen LogP contribution in [0.2, 0.25) is 0 Å². The molecule has 0 aliphatic heterocycles. The topological polar surface area (TPSA) is 101 Å². The molecule has 0 bridgehead atoms. The summed E-state index contributed by atoms with van der Waals surface area (Å²) in [4.78, 5) is 21.9. The molecule has 0 aliphatic carbocycles. The Bertz CT molecular complexity index is 1440. The fourth-order valence-corrected chi connectivity index (χ4v) is 5.38. The van der Waals surface area contributed by atoms with Gasteiger partial charge in [0.2, 0.25) is 0 Å². The average Bonchev–Trinajstić information content (AvgIpc) is 3.19. The van der Waals surface area contributed by atoms with Crippen molar-refractivity contribution in [1.29, 1.82) is 0 Å². The Labute approximate surface area is 194 Å². The highest BCUT2D eigenvalue weighted by atomic mass is 32.2. The maximum absolute atomic E-state index is 13.9. The molecule has 33 heavy (non-hydrogen) atoms. The number of amides is 1. The molecule has 0 saturated heterocycles. The van der Waals surface area contributed by atoms with E-state index in [0.29, 0.717) is 26.8 Å². The first-order chi connectivity index (χ1) is 15.7. The van der Waals surface area contributed by atoms with Crippen LogP contribution in [0.15, 0.2) is 71.8 Å².